The second-order valence-corrected chi connectivity index (χ2v) is 7.22. The van der Waals surface area contributed by atoms with Gasteiger partial charge >= 0.3 is 0 Å². The minimum atomic E-state index is -0.876. The van der Waals surface area contributed by atoms with E-state index in [2.05, 4.69) is 20.1 Å². The topological polar surface area (TPSA) is 40.5 Å². The van der Waals surface area contributed by atoms with Crippen molar-refractivity contribution in [2.45, 2.75) is 77.9 Å². The molecule has 2 N–H and O–H groups in total. The van der Waals surface area contributed by atoms with E-state index in [1.54, 1.807) is 13.0 Å². The lowest BCUT2D eigenvalue weighted by molar-refractivity contribution is 0.0551. The van der Waals surface area contributed by atoms with Crippen LogP contribution in [0.3, 0.4) is 0 Å². The van der Waals surface area contributed by atoms with Gasteiger partial charge in [0.25, 0.3) is 0 Å². The van der Waals surface area contributed by atoms with Crippen LogP contribution in [-0.2, 0) is 0 Å². The normalized spacial score (nSPS) is 18.1. The van der Waals surface area contributed by atoms with Crippen molar-refractivity contribution in [1.29, 1.82) is 0 Å². The molecule has 0 bridgehead atoms. The maximum atomic E-state index is 10.3. The highest BCUT2D eigenvalue weighted by atomic mass is 16.3. The molecule has 20 heavy (non-hydrogen) atoms. The molecule has 0 heterocycles. The molecule has 0 aliphatic carbocycles. The van der Waals surface area contributed by atoms with E-state index in [0.29, 0.717) is 5.92 Å². The smallest absolute Gasteiger partial charge is 0.0861 e. The molecule has 0 aliphatic rings. The summed E-state index contributed by atoms with van der Waals surface area (Å²) in [7, 11) is 0. The van der Waals surface area contributed by atoms with Crippen LogP contribution >= 0.6 is 0 Å². The van der Waals surface area contributed by atoms with Gasteiger partial charge in [0.1, 0.15) is 0 Å². The quantitative estimate of drug-likeness (QED) is 0.580. The van der Waals surface area contributed by atoms with E-state index in [1.807, 2.05) is 20.8 Å². The Balaban J connectivity index is 4.23. The lowest BCUT2D eigenvalue weighted by atomic mass is 9.79. The van der Waals surface area contributed by atoms with E-state index in [1.165, 1.54) is 0 Å². The van der Waals surface area contributed by atoms with E-state index in [9.17, 15) is 10.2 Å². The molecule has 0 aromatic rings. The van der Waals surface area contributed by atoms with Crippen LogP contribution in [-0.4, -0.2) is 21.4 Å². The van der Waals surface area contributed by atoms with Crippen LogP contribution in [0.1, 0.15) is 66.7 Å². The van der Waals surface area contributed by atoms with Crippen molar-refractivity contribution in [2.75, 3.05) is 0 Å². The zero-order chi connectivity index (χ0) is 16.0. The maximum Gasteiger partial charge on any atom is 0.0861 e. The Labute approximate surface area is 125 Å². The number of hydrogen-bond donors (Lipinski definition) is 2. The molecule has 0 radical (unpaired) electrons. The Morgan fingerprint density at radius 3 is 2.10 bits per heavy atom. The first-order valence-electron chi connectivity index (χ1n) is 7.73. The van der Waals surface area contributed by atoms with Gasteiger partial charge in [-0.25, -0.2) is 0 Å². The highest BCUT2D eigenvalue weighted by Gasteiger charge is 2.29. The van der Waals surface area contributed by atoms with Gasteiger partial charge in [-0.2, -0.15) is 0 Å². The van der Waals surface area contributed by atoms with Crippen LogP contribution in [0.4, 0.5) is 0 Å². The first-order valence-corrected chi connectivity index (χ1v) is 7.73. The van der Waals surface area contributed by atoms with Crippen LogP contribution in [0.25, 0.3) is 0 Å². The minimum absolute atomic E-state index is 0.0664. The van der Waals surface area contributed by atoms with Gasteiger partial charge in [0.2, 0.25) is 0 Å². The van der Waals surface area contributed by atoms with Crippen LogP contribution in [0.2, 0.25) is 0 Å². The third-order valence-corrected chi connectivity index (χ3v) is 4.15. The summed E-state index contributed by atoms with van der Waals surface area (Å²) in [5, 5.41) is 20.0. The Kier molecular flexibility index (Phi) is 7.75. The standard InChI is InChI=1S/C18H34O2/c1-8-18(7,20)16(14(2)3)12-11-15(4)10-9-13-17(5,6)19/h8,15-16,19-20H,1-2,9-13H2,3-7H3. The van der Waals surface area contributed by atoms with Gasteiger partial charge in [-0.3, -0.25) is 0 Å². The summed E-state index contributed by atoms with van der Waals surface area (Å²) in [6.07, 6.45) is 6.60. The molecule has 0 aliphatic heterocycles. The van der Waals surface area contributed by atoms with Crippen molar-refractivity contribution in [3.63, 3.8) is 0 Å². The summed E-state index contributed by atoms with van der Waals surface area (Å²) in [6, 6.07) is 0. The SMILES string of the molecule is C=CC(C)(O)C(CCC(C)CCCC(C)(C)O)C(=C)C. The van der Waals surface area contributed by atoms with Crippen LogP contribution < -0.4 is 0 Å². The summed E-state index contributed by atoms with van der Waals surface area (Å²) in [6.45, 7) is 17.5. The van der Waals surface area contributed by atoms with Gasteiger partial charge in [0.15, 0.2) is 0 Å². The van der Waals surface area contributed by atoms with Gasteiger partial charge in [0.05, 0.1) is 11.2 Å². The third-order valence-electron chi connectivity index (χ3n) is 4.15. The fourth-order valence-electron chi connectivity index (χ4n) is 2.66. The predicted molar refractivity (Wildman–Crippen MR) is 87.7 cm³/mol. The number of hydrogen-bond acceptors (Lipinski definition) is 2. The zero-order valence-corrected chi connectivity index (χ0v) is 14.1. The van der Waals surface area contributed by atoms with Gasteiger partial charge < -0.3 is 10.2 Å². The molecular weight excluding hydrogens is 248 g/mol. The first-order chi connectivity index (χ1) is 8.99. The van der Waals surface area contributed by atoms with Gasteiger partial charge in [-0.05, 0) is 46.5 Å². The van der Waals surface area contributed by atoms with Crippen molar-refractivity contribution in [2.24, 2.45) is 11.8 Å². The Morgan fingerprint density at radius 2 is 1.70 bits per heavy atom. The molecular formula is C18H34O2. The third kappa shape index (κ3) is 7.86. The van der Waals surface area contributed by atoms with E-state index in [-0.39, 0.29) is 5.92 Å². The van der Waals surface area contributed by atoms with Crippen LogP contribution in [0.5, 0.6) is 0 Å². The van der Waals surface area contributed by atoms with E-state index in [0.717, 1.165) is 37.7 Å². The number of aliphatic hydroxyl groups is 2. The molecule has 0 saturated heterocycles. The van der Waals surface area contributed by atoms with Gasteiger partial charge in [0, 0.05) is 5.92 Å². The fourth-order valence-corrected chi connectivity index (χ4v) is 2.66. The monoisotopic (exact) mass is 282 g/mol. The molecule has 0 aromatic heterocycles. The minimum Gasteiger partial charge on any atom is -0.390 e. The summed E-state index contributed by atoms with van der Waals surface area (Å²) < 4.78 is 0. The summed E-state index contributed by atoms with van der Waals surface area (Å²) >= 11 is 0. The van der Waals surface area contributed by atoms with Crippen LogP contribution in [0, 0.1) is 11.8 Å². The molecule has 3 unspecified atom stereocenters. The van der Waals surface area contributed by atoms with Crippen LogP contribution in [0.15, 0.2) is 24.8 Å². The highest BCUT2D eigenvalue weighted by molar-refractivity contribution is 5.10. The van der Waals surface area contributed by atoms with E-state index < -0.39 is 11.2 Å². The average Bonchev–Trinajstić information content (AvgIpc) is 2.26. The maximum absolute atomic E-state index is 10.3. The number of rotatable bonds is 10. The van der Waals surface area contributed by atoms with Gasteiger partial charge in [-0.1, -0.05) is 44.4 Å². The van der Waals surface area contributed by atoms with Crippen molar-refractivity contribution in [1.82, 2.24) is 0 Å². The first kappa shape index (κ1) is 19.4. The van der Waals surface area contributed by atoms with E-state index >= 15 is 0 Å². The molecule has 2 heteroatoms. The second-order valence-electron chi connectivity index (χ2n) is 7.22. The fraction of sp³-hybridized carbons (Fsp3) is 0.778. The second kappa shape index (κ2) is 7.99. The van der Waals surface area contributed by atoms with Crippen molar-refractivity contribution in [3.8, 4) is 0 Å². The molecule has 0 saturated carbocycles. The lowest BCUT2D eigenvalue weighted by Gasteiger charge is -2.31. The molecule has 3 atom stereocenters. The molecule has 0 rings (SSSR count). The Bertz CT molecular complexity index is 310. The summed E-state index contributed by atoms with van der Waals surface area (Å²) in [5.74, 6) is 0.663. The predicted octanol–water partition coefficient (Wildman–Crippen LogP) is 4.47. The Hall–Kier alpha value is -0.600. The zero-order valence-electron chi connectivity index (χ0n) is 14.1. The lowest BCUT2D eigenvalue weighted by Crippen LogP contribution is -2.33. The van der Waals surface area contributed by atoms with Crippen molar-refractivity contribution >= 4 is 0 Å². The molecule has 118 valence electrons. The molecule has 2 nitrogen and oxygen atoms in total. The highest BCUT2D eigenvalue weighted by Crippen LogP contribution is 2.31. The van der Waals surface area contributed by atoms with Crippen molar-refractivity contribution in [3.05, 3.63) is 24.8 Å². The van der Waals surface area contributed by atoms with E-state index in [4.69, 9.17) is 0 Å². The molecule has 0 aromatic carbocycles. The molecule has 0 spiro atoms. The van der Waals surface area contributed by atoms with Gasteiger partial charge in [-0.15, -0.1) is 6.58 Å². The largest absolute Gasteiger partial charge is 0.390 e. The Morgan fingerprint density at radius 1 is 1.15 bits per heavy atom. The van der Waals surface area contributed by atoms with Crippen molar-refractivity contribution < 1.29 is 10.2 Å². The molecule has 0 amide bonds. The average molecular weight is 282 g/mol. The summed E-state index contributed by atoms with van der Waals surface area (Å²) in [4.78, 5) is 0. The summed E-state index contributed by atoms with van der Waals surface area (Å²) in [5.41, 5.74) is -0.427. The molecule has 0 fully saturated rings.